The Labute approximate surface area is 160 Å². The SMILES string of the molecule is O=C(Nc1nc2c(s1)CN(C(=O)c1ccccc1Cl)CC2)C1CCCO1. The molecule has 2 aliphatic heterocycles. The first-order valence-electron chi connectivity index (χ1n) is 8.56. The molecule has 1 saturated heterocycles. The second-order valence-electron chi connectivity index (χ2n) is 6.34. The van der Waals surface area contributed by atoms with Gasteiger partial charge in [-0.25, -0.2) is 4.98 Å². The fraction of sp³-hybridized carbons (Fsp3) is 0.389. The summed E-state index contributed by atoms with van der Waals surface area (Å²) in [6.07, 6.45) is 1.94. The Balaban J connectivity index is 1.45. The molecule has 0 bridgehead atoms. The van der Waals surface area contributed by atoms with Crippen molar-refractivity contribution < 1.29 is 14.3 Å². The van der Waals surface area contributed by atoms with Gasteiger partial charge in [-0.15, -0.1) is 0 Å². The van der Waals surface area contributed by atoms with E-state index in [1.165, 1.54) is 11.3 Å². The molecule has 3 heterocycles. The van der Waals surface area contributed by atoms with Gasteiger partial charge in [-0.05, 0) is 25.0 Å². The standard InChI is InChI=1S/C18H18ClN3O3S/c19-12-5-2-1-4-11(12)17(24)22-8-7-13-15(10-22)26-18(20-13)21-16(23)14-6-3-9-25-14/h1-2,4-5,14H,3,6-10H2,(H,20,21,23). The molecular weight excluding hydrogens is 374 g/mol. The number of fused-ring (bicyclic) bond motifs is 1. The largest absolute Gasteiger partial charge is 0.368 e. The highest BCUT2D eigenvalue weighted by molar-refractivity contribution is 7.15. The molecule has 1 N–H and O–H groups in total. The third kappa shape index (κ3) is 3.47. The number of ether oxygens (including phenoxy) is 1. The summed E-state index contributed by atoms with van der Waals surface area (Å²) in [5, 5.41) is 3.87. The van der Waals surface area contributed by atoms with Gasteiger partial charge >= 0.3 is 0 Å². The summed E-state index contributed by atoms with van der Waals surface area (Å²) < 4.78 is 5.40. The number of anilines is 1. The van der Waals surface area contributed by atoms with Crippen LogP contribution in [-0.4, -0.2) is 41.0 Å². The average molecular weight is 392 g/mol. The third-order valence-corrected chi connectivity index (χ3v) is 5.90. The fourth-order valence-electron chi connectivity index (χ4n) is 3.20. The smallest absolute Gasteiger partial charge is 0.255 e. The molecule has 1 atom stereocenters. The molecule has 8 heteroatoms. The first-order valence-corrected chi connectivity index (χ1v) is 9.76. The molecule has 2 aliphatic rings. The lowest BCUT2D eigenvalue weighted by Gasteiger charge is -2.26. The van der Waals surface area contributed by atoms with Gasteiger partial charge in [0.1, 0.15) is 6.10 Å². The zero-order valence-electron chi connectivity index (χ0n) is 14.0. The number of carbonyl (C=O) groups excluding carboxylic acids is 2. The van der Waals surface area contributed by atoms with Gasteiger partial charge in [-0.2, -0.15) is 0 Å². The molecule has 136 valence electrons. The van der Waals surface area contributed by atoms with Crippen molar-refractivity contribution in [2.24, 2.45) is 0 Å². The number of carbonyl (C=O) groups is 2. The van der Waals surface area contributed by atoms with Crippen LogP contribution in [0.4, 0.5) is 5.13 Å². The molecule has 1 fully saturated rings. The Hall–Kier alpha value is -1.96. The molecule has 0 aliphatic carbocycles. The van der Waals surface area contributed by atoms with E-state index < -0.39 is 0 Å². The predicted molar refractivity (Wildman–Crippen MR) is 99.6 cm³/mol. The van der Waals surface area contributed by atoms with E-state index in [9.17, 15) is 9.59 Å². The molecule has 2 amide bonds. The number of nitrogens with one attached hydrogen (secondary N) is 1. The van der Waals surface area contributed by atoms with Crippen molar-refractivity contribution >= 4 is 39.9 Å². The van der Waals surface area contributed by atoms with Gasteiger partial charge in [0.25, 0.3) is 11.8 Å². The summed E-state index contributed by atoms with van der Waals surface area (Å²) in [4.78, 5) is 32.2. The van der Waals surface area contributed by atoms with Crippen LogP contribution < -0.4 is 5.32 Å². The normalized spacial score (nSPS) is 19.3. The zero-order chi connectivity index (χ0) is 18.1. The Morgan fingerprint density at radius 1 is 1.35 bits per heavy atom. The molecule has 1 unspecified atom stereocenters. The number of amides is 2. The second kappa shape index (κ2) is 7.34. The molecule has 1 aromatic heterocycles. The Kier molecular flexibility index (Phi) is 4.93. The van der Waals surface area contributed by atoms with E-state index in [1.807, 2.05) is 0 Å². The topological polar surface area (TPSA) is 71.5 Å². The first kappa shape index (κ1) is 17.5. The maximum absolute atomic E-state index is 12.7. The maximum Gasteiger partial charge on any atom is 0.255 e. The van der Waals surface area contributed by atoms with Crippen LogP contribution in [0.3, 0.4) is 0 Å². The van der Waals surface area contributed by atoms with Crippen LogP contribution in [0.15, 0.2) is 24.3 Å². The number of nitrogens with zero attached hydrogens (tertiary/aromatic N) is 2. The van der Waals surface area contributed by atoms with Crippen LogP contribution >= 0.6 is 22.9 Å². The molecule has 2 aromatic rings. The molecule has 1 aromatic carbocycles. The first-order chi connectivity index (χ1) is 12.6. The molecule has 6 nitrogen and oxygen atoms in total. The zero-order valence-corrected chi connectivity index (χ0v) is 15.6. The number of hydrogen-bond donors (Lipinski definition) is 1. The van der Waals surface area contributed by atoms with Gasteiger partial charge in [0.05, 0.1) is 22.8 Å². The molecular formula is C18H18ClN3O3S. The maximum atomic E-state index is 12.7. The Morgan fingerprint density at radius 3 is 2.96 bits per heavy atom. The summed E-state index contributed by atoms with van der Waals surface area (Å²) >= 11 is 7.56. The summed E-state index contributed by atoms with van der Waals surface area (Å²) in [6.45, 7) is 1.69. The van der Waals surface area contributed by atoms with E-state index in [0.717, 1.165) is 23.4 Å². The number of halogens is 1. The van der Waals surface area contributed by atoms with E-state index >= 15 is 0 Å². The van der Waals surface area contributed by atoms with E-state index in [1.54, 1.807) is 29.2 Å². The van der Waals surface area contributed by atoms with E-state index in [-0.39, 0.29) is 17.9 Å². The third-order valence-electron chi connectivity index (χ3n) is 4.57. The quantitative estimate of drug-likeness (QED) is 0.872. The van der Waals surface area contributed by atoms with Crippen molar-refractivity contribution in [3.63, 3.8) is 0 Å². The minimum atomic E-state index is -0.380. The number of aromatic nitrogens is 1. The summed E-state index contributed by atoms with van der Waals surface area (Å²) in [5.74, 6) is -0.225. The van der Waals surface area contributed by atoms with Crippen LogP contribution in [-0.2, 0) is 22.5 Å². The van der Waals surface area contributed by atoms with Crippen LogP contribution in [0, 0.1) is 0 Å². The van der Waals surface area contributed by atoms with Crippen LogP contribution in [0.1, 0.15) is 33.8 Å². The van der Waals surface area contributed by atoms with Crippen LogP contribution in [0.2, 0.25) is 5.02 Å². The highest BCUT2D eigenvalue weighted by Crippen LogP contribution is 2.30. The second-order valence-corrected chi connectivity index (χ2v) is 7.83. The van der Waals surface area contributed by atoms with Gasteiger partial charge in [0.15, 0.2) is 5.13 Å². The predicted octanol–water partition coefficient (Wildman–Crippen LogP) is 3.11. The highest BCUT2D eigenvalue weighted by Gasteiger charge is 2.28. The molecule has 0 saturated carbocycles. The monoisotopic (exact) mass is 391 g/mol. The lowest BCUT2D eigenvalue weighted by molar-refractivity contribution is -0.124. The van der Waals surface area contributed by atoms with Crippen molar-refractivity contribution in [1.29, 1.82) is 0 Å². The Morgan fingerprint density at radius 2 is 2.19 bits per heavy atom. The summed E-state index contributed by atoms with van der Waals surface area (Å²) in [5.41, 5.74) is 1.45. The Bertz CT molecular complexity index is 848. The van der Waals surface area contributed by atoms with Crippen molar-refractivity contribution in [3.8, 4) is 0 Å². The van der Waals surface area contributed by atoms with E-state index in [4.69, 9.17) is 16.3 Å². The number of rotatable bonds is 3. The van der Waals surface area contributed by atoms with Crippen LogP contribution in [0.5, 0.6) is 0 Å². The number of benzene rings is 1. The lowest BCUT2D eigenvalue weighted by Crippen LogP contribution is -2.35. The van der Waals surface area contributed by atoms with Gasteiger partial charge in [0.2, 0.25) is 0 Å². The van der Waals surface area contributed by atoms with E-state index in [0.29, 0.717) is 41.8 Å². The van der Waals surface area contributed by atoms with Gasteiger partial charge < -0.3 is 9.64 Å². The van der Waals surface area contributed by atoms with Crippen molar-refractivity contribution in [3.05, 3.63) is 45.4 Å². The summed E-state index contributed by atoms with van der Waals surface area (Å²) in [7, 11) is 0. The van der Waals surface area contributed by atoms with Crippen molar-refractivity contribution in [2.75, 3.05) is 18.5 Å². The van der Waals surface area contributed by atoms with Crippen molar-refractivity contribution in [2.45, 2.75) is 31.9 Å². The van der Waals surface area contributed by atoms with Crippen LogP contribution in [0.25, 0.3) is 0 Å². The fourth-order valence-corrected chi connectivity index (χ4v) is 4.44. The number of thiazole rings is 1. The summed E-state index contributed by atoms with van der Waals surface area (Å²) in [6, 6.07) is 7.06. The molecule has 26 heavy (non-hydrogen) atoms. The average Bonchev–Trinajstić information content (AvgIpc) is 3.30. The molecule has 4 rings (SSSR count). The molecule has 0 spiro atoms. The minimum Gasteiger partial charge on any atom is -0.368 e. The van der Waals surface area contributed by atoms with Gasteiger partial charge in [-0.1, -0.05) is 35.1 Å². The highest BCUT2D eigenvalue weighted by atomic mass is 35.5. The number of hydrogen-bond acceptors (Lipinski definition) is 5. The van der Waals surface area contributed by atoms with Gasteiger partial charge in [0, 0.05) is 24.4 Å². The van der Waals surface area contributed by atoms with Gasteiger partial charge in [-0.3, -0.25) is 14.9 Å². The lowest BCUT2D eigenvalue weighted by atomic mass is 10.1. The molecule has 0 radical (unpaired) electrons. The minimum absolute atomic E-state index is 0.0837. The van der Waals surface area contributed by atoms with Crippen molar-refractivity contribution in [1.82, 2.24) is 9.88 Å². The van der Waals surface area contributed by atoms with E-state index in [2.05, 4.69) is 10.3 Å².